The molecule has 3 amide bonds. The molecule has 8 nitrogen and oxygen atoms in total. The van der Waals surface area contributed by atoms with Crippen LogP contribution in [0.3, 0.4) is 0 Å². The van der Waals surface area contributed by atoms with E-state index in [9.17, 15) is 9.59 Å². The summed E-state index contributed by atoms with van der Waals surface area (Å²) in [5, 5.41) is 7.07. The molecule has 1 aromatic heterocycles. The van der Waals surface area contributed by atoms with Gasteiger partial charge in [-0.15, -0.1) is 11.3 Å². The van der Waals surface area contributed by atoms with Crippen molar-refractivity contribution in [2.24, 2.45) is 0 Å². The fourth-order valence-corrected chi connectivity index (χ4v) is 4.26. The van der Waals surface area contributed by atoms with Crippen molar-refractivity contribution in [2.45, 2.75) is 13.1 Å². The zero-order valence-electron chi connectivity index (χ0n) is 18.2. The van der Waals surface area contributed by atoms with Crippen LogP contribution in [-0.4, -0.2) is 43.7 Å². The second kappa shape index (κ2) is 10.8. The molecule has 0 fully saturated rings. The number of nitrogens with one attached hydrogen (secondary N) is 2. The first kappa shape index (κ1) is 22.6. The molecule has 0 unspecified atom stereocenters. The smallest absolute Gasteiger partial charge is 0.325 e. The van der Waals surface area contributed by atoms with Gasteiger partial charge in [0.25, 0.3) is 0 Å². The van der Waals surface area contributed by atoms with Gasteiger partial charge in [0.1, 0.15) is 19.0 Å². The molecule has 0 saturated heterocycles. The van der Waals surface area contributed by atoms with Crippen molar-refractivity contribution in [3.8, 4) is 17.2 Å². The molecule has 33 heavy (non-hydrogen) atoms. The lowest BCUT2D eigenvalue weighted by molar-refractivity contribution is -0.121. The van der Waals surface area contributed by atoms with Crippen LogP contribution >= 0.6 is 11.3 Å². The summed E-state index contributed by atoms with van der Waals surface area (Å²) in [6, 6.07) is 16.2. The van der Waals surface area contributed by atoms with Crippen LogP contribution in [0.2, 0.25) is 0 Å². The van der Waals surface area contributed by atoms with E-state index in [2.05, 4.69) is 10.6 Å². The van der Waals surface area contributed by atoms with E-state index in [0.717, 1.165) is 16.2 Å². The number of fused-ring (bicyclic) bond motifs is 1. The molecular formula is C24H25N3O5S. The quantitative estimate of drug-likeness (QED) is 0.523. The highest BCUT2D eigenvalue weighted by Crippen LogP contribution is 2.32. The SMILES string of the molecule is COc1ccccc1CN(CC(=O)NC(=O)Nc1ccc2c(c1)OCCO2)Cc1cccs1. The lowest BCUT2D eigenvalue weighted by Gasteiger charge is -2.22. The van der Waals surface area contributed by atoms with Crippen LogP contribution in [0.25, 0.3) is 0 Å². The summed E-state index contributed by atoms with van der Waals surface area (Å²) >= 11 is 1.62. The van der Waals surface area contributed by atoms with Crippen LogP contribution in [0, 0.1) is 0 Å². The van der Waals surface area contributed by atoms with Crippen LogP contribution in [0.15, 0.2) is 60.0 Å². The Labute approximate surface area is 196 Å². The predicted octanol–water partition coefficient (Wildman–Crippen LogP) is 3.88. The molecule has 2 N–H and O–H groups in total. The van der Waals surface area contributed by atoms with Gasteiger partial charge in [-0.1, -0.05) is 24.3 Å². The number of benzene rings is 2. The summed E-state index contributed by atoms with van der Waals surface area (Å²) in [6.45, 7) is 2.07. The average molecular weight is 468 g/mol. The van der Waals surface area contributed by atoms with Crippen LogP contribution in [0.1, 0.15) is 10.4 Å². The number of urea groups is 1. The molecule has 9 heteroatoms. The standard InChI is InChI=1S/C24H25N3O5S/c1-30-20-7-3-2-5-17(20)14-27(15-19-6-4-12-33-19)16-23(28)26-24(29)25-18-8-9-21-22(13-18)32-11-10-31-21/h2-9,12-13H,10-11,14-16H2,1H3,(H2,25,26,28,29). The minimum absolute atomic E-state index is 0.0461. The number of carbonyl (C=O) groups is 2. The van der Waals surface area contributed by atoms with E-state index in [4.69, 9.17) is 14.2 Å². The molecule has 0 aliphatic carbocycles. The number of hydrogen-bond donors (Lipinski definition) is 2. The number of thiophene rings is 1. The molecule has 1 aliphatic rings. The predicted molar refractivity (Wildman–Crippen MR) is 126 cm³/mol. The lowest BCUT2D eigenvalue weighted by Crippen LogP contribution is -2.41. The molecular weight excluding hydrogens is 442 g/mol. The second-order valence-electron chi connectivity index (χ2n) is 7.40. The van der Waals surface area contributed by atoms with E-state index in [0.29, 0.717) is 43.5 Å². The van der Waals surface area contributed by atoms with Crippen LogP contribution in [0.5, 0.6) is 17.2 Å². The molecule has 172 valence electrons. The van der Waals surface area contributed by atoms with E-state index in [1.165, 1.54) is 0 Å². The van der Waals surface area contributed by atoms with Gasteiger partial charge >= 0.3 is 6.03 Å². The third kappa shape index (κ3) is 6.24. The molecule has 2 aromatic carbocycles. The molecule has 3 aromatic rings. The lowest BCUT2D eigenvalue weighted by atomic mass is 10.2. The van der Waals surface area contributed by atoms with Gasteiger partial charge in [-0.3, -0.25) is 15.0 Å². The second-order valence-corrected chi connectivity index (χ2v) is 8.43. The fourth-order valence-electron chi connectivity index (χ4n) is 3.52. The summed E-state index contributed by atoms with van der Waals surface area (Å²) in [5.41, 5.74) is 1.47. The van der Waals surface area contributed by atoms with Gasteiger partial charge in [-0.05, 0) is 29.6 Å². The number of carbonyl (C=O) groups excluding carboxylic acids is 2. The Balaban J connectivity index is 1.38. The Morgan fingerprint density at radius 1 is 1.03 bits per heavy atom. The molecule has 0 atom stereocenters. The maximum atomic E-state index is 12.7. The zero-order valence-corrected chi connectivity index (χ0v) is 19.0. The molecule has 4 rings (SSSR count). The van der Waals surface area contributed by atoms with Crippen LogP contribution < -0.4 is 24.8 Å². The van der Waals surface area contributed by atoms with Gasteiger partial charge in [-0.25, -0.2) is 4.79 Å². The number of para-hydroxylation sites is 1. The van der Waals surface area contributed by atoms with Gasteiger partial charge in [0.2, 0.25) is 5.91 Å². The average Bonchev–Trinajstić information content (AvgIpc) is 3.32. The van der Waals surface area contributed by atoms with Gasteiger partial charge < -0.3 is 19.5 Å². The Bertz CT molecular complexity index is 1100. The minimum atomic E-state index is -0.606. The maximum Gasteiger partial charge on any atom is 0.325 e. The minimum Gasteiger partial charge on any atom is -0.496 e. The van der Waals surface area contributed by atoms with Gasteiger partial charge in [0, 0.05) is 35.3 Å². The van der Waals surface area contributed by atoms with Crippen molar-refractivity contribution < 1.29 is 23.8 Å². The summed E-state index contributed by atoms with van der Waals surface area (Å²) in [5.74, 6) is 1.54. The van der Waals surface area contributed by atoms with E-state index in [-0.39, 0.29) is 6.54 Å². The zero-order chi connectivity index (χ0) is 23.0. The molecule has 0 saturated carbocycles. The first-order valence-electron chi connectivity index (χ1n) is 10.5. The number of nitrogens with zero attached hydrogens (tertiary/aromatic N) is 1. The number of rotatable bonds is 8. The number of amides is 3. The third-order valence-corrected chi connectivity index (χ3v) is 5.83. The summed E-state index contributed by atoms with van der Waals surface area (Å²) in [7, 11) is 1.62. The first-order valence-corrected chi connectivity index (χ1v) is 11.4. The highest BCUT2D eigenvalue weighted by molar-refractivity contribution is 7.09. The third-order valence-electron chi connectivity index (χ3n) is 4.97. The first-order chi connectivity index (χ1) is 16.1. The number of anilines is 1. The summed E-state index contributed by atoms with van der Waals surface area (Å²) < 4.78 is 16.5. The summed E-state index contributed by atoms with van der Waals surface area (Å²) in [4.78, 5) is 28.2. The van der Waals surface area contributed by atoms with Crippen molar-refractivity contribution in [3.63, 3.8) is 0 Å². The Hall–Kier alpha value is -3.56. The van der Waals surface area contributed by atoms with Crippen molar-refractivity contribution in [2.75, 3.05) is 32.2 Å². The van der Waals surface area contributed by atoms with Crippen molar-refractivity contribution in [1.29, 1.82) is 0 Å². The maximum absolute atomic E-state index is 12.7. The van der Waals surface area contributed by atoms with Gasteiger partial charge in [0.15, 0.2) is 11.5 Å². The number of methoxy groups -OCH3 is 1. The van der Waals surface area contributed by atoms with Crippen molar-refractivity contribution >= 4 is 29.0 Å². The molecule has 1 aliphatic heterocycles. The molecule has 0 bridgehead atoms. The van der Waals surface area contributed by atoms with Crippen molar-refractivity contribution in [1.82, 2.24) is 10.2 Å². The Morgan fingerprint density at radius 2 is 1.85 bits per heavy atom. The van der Waals surface area contributed by atoms with E-state index in [1.54, 1.807) is 36.6 Å². The topological polar surface area (TPSA) is 89.1 Å². The monoisotopic (exact) mass is 467 g/mol. The van der Waals surface area contributed by atoms with Crippen molar-refractivity contribution in [3.05, 3.63) is 70.4 Å². The van der Waals surface area contributed by atoms with E-state index in [1.807, 2.05) is 46.7 Å². The van der Waals surface area contributed by atoms with Gasteiger partial charge in [-0.2, -0.15) is 0 Å². The Morgan fingerprint density at radius 3 is 2.64 bits per heavy atom. The number of hydrogen-bond acceptors (Lipinski definition) is 7. The largest absolute Gasteiger partial charge is 0.496 e. The van der Waals surface area contributed by atoms with Gasteiger partial charge in [0.05, 0.1) is 13.7 Å². The van der Waals surface area contributed by atoms with Crippen LogP contribution in [0.4, 0.5) is 10.5 Å². The summed E-state index contributed by atoms with van der Waals surface area (Å²) in [6.07, 6.45) is 0. The molecule has 2 heterocycles. The molecule has 0 spiro atoms. The normalized spacial score (nSPS) is 12.3. The molecule has 0 radical (unpaired) electrons. The number of imide groups is 1. The Kier molecular flexibility index (Phi) is 7.43. The van der Waals surface area contributed by atoms with E-state index >= 15 is 0 Å². The highest BCUT2D eigenvalue weighted by Gasteiger charge is 2.18. The number of ether oxygens (including phenoxy) is 3. The highest BCUT2D eigenvalue weighted by atomic mass is 32.1. The van der Waals surface area contributed by atoms with E-state index < -0.39 is 11.9 Å². The fraction of sp³-hybridized carbons (Fsp3) is 0.250. The van der Waals surface area contributed by atoms with Crippen LogP contribution in [-0.2, 0) is 17.9 Å².